The molecule has 1 N–H and O–H groups in total. The zero-order valence-corrected chi connectivity index (χ0v) is 11.9. The molecular formula is C18H14N2O2. The molecule has 0 saturated carbocycles. The van der Waals surface area contributed by atoms with E-state index in [2.05, 4.69) is 21.8 Å². The first kappa shape index (κ1) is 13.1. The molecule has 0 spiro atoms. The van der Waals surface area contributed by atoms with E-state index in [1.165, 1.54) is 0 Å². The second kappa shape index (κ2) is 5.64. The van der Waals surface area contributed by atoms with E-state index < -0.39 is 0 Å². The number of nitrogens with one attached hydrogen (secondary N) is 1. The van der Waals surface area contributed by atoms with Crippen molar-refractivity contribution in [1.29, 1.82) is 0 Å². The molecule has 0 amide bonds. The molecule has 4 heteroatoms. The van der Waals surface area contributed by atoms with Crippen LogP contribution in [-0.4, -0.2) is 23.2 Å². The van der Waals surface area contributed by atoms with Crippen molar-refractivity contribution in [3.63, 3.8) is 0 Å². The van der Waals surface area contributed by atoms with E-state index in [4.69, 9.17) is 9.47 Å². The number of rotatable bonds is 1. The third-order valence-electron chi connectivity index (χ3n) is 3.58. The lowest BCUT2D eigenvalue weighted by Crippen LogP contribution is -1.97. The minimum atomic E-state index is -0.265. The fourth-order valence-corrected chi connectivity index (χ4v) is 2.52. The van der Waals surface area contributed by atoms with Gasteiger partial charge >= 0.3 is 0 Å². The van der Waals surface area contributed by atoms with Crippen LogP contribution < -0.4 is 0 Å². The summed E-state index contributed by atoms with van der Waals surface area (Å²) in [6.07, 6.45) is 3.37. The molecular weight excluding hydrogens is 276 g/mol. The third-order valence-corrected chi connectivity index (χ3v) is 3.58. The van der Waals surface area contributed by atoms with E-state index in [1.807, 2.05) is 42.6 Å². The first-order valence-electron chi connectivity index (χ1n) is 7.17. The van der Waals surface area contributed by atoms with Crippen LogP contribution in [0.3, 0.4) is 0 Å². The number of nitrogens with zero attached hydrogens (tertiary/aromatic N) is 1. The van der Waals surface area contributed by atoms with Gasteiger partial charge in [-0.15, -0.1) is 0 Å². The fourth-order valence-electron chi connectivity index (χ4n) is 2.52. The molecule has 0 unspecified atom stereocenters. The van der Waals surface area contributed by atoms with Crippen LogP contribution in [0.1, 0.15) is 23.0 Å². The van der Waals surface area contributed by atoms with Gasteiger partial charge in [-0.05, 0) is 24.3 Å². The monoisotopic (exact) mass is 290 g/mol. The van der Waals surface area contributed by atoms with Gasteiger partial charge in [0, 0.05) is 34.5 Å². The molecule has 3 heterocycles. The maximum absolute atomic E-state index is 5.52. The summed E-state index contributed by atoms with van der Waals surface area (Å²) in [5.74, 6) is 6.42. The quantitative estimate of drug-likeness (QED) is 0.701. The van der Waals surface area contributed by atoms with Crippen molar-refractivity contribution in [2.45, 2.75) is 6.29 Å². The molecule has 3 aromatic rings. The molecule has 108 valence electrons. The SMILES string of the molecule is C(#Cc1ccnc2[nH]ccc12)c1cccc(C2OCCO2)c1. The Kier molecular flexibility index (Phi) is 3.36. The van der Waals surface area contributed by atoms with Crippen molar-refractivity contribution in [2.24, 2.45) is 0 Å². The lowest BCUT2D eigenvalue weighted by Gasteiger charge is -2.08. The summed E-state index contributed by atoms with van der Waals surface area (Å²) in [6, 6.07) is 11.9. The third kappa shape index (κ3) is 2.48. The van der Waals surface area contributed by atoms with Gasteiger partial charge in [0.05, 0.1) is 13.2 Å². The number of ether oxygens (including phenoxy) is 2. The van der Waals surface area contributed by atoms with Crippen LogP contribution in [0, 0.1) is 11.8 Å². The van der Waals surface area contributed by atoms with Crippen molar-refractivity contribution >= 4 is 11.0 Å². The minimum Gasteiger partial charge on any atom is -0.346 e. The van der Waals surface area contributed by atoms with Gasteiger partial charge in [0.15, 0.2) is 6.29 Å². The molecule has 1 fully saturated rings. The van der Waals surface area contributed by atoms with Gasteiger partial charge in [-0.25, -0.2) is 4.98 Å². The lowest BCUT2D eigenvalue weighted by molar-refractivity contribution is -0.0441. The van der Waals surface area contributed by atoms with Gasteiger partial charge in [-0.1, -0.05) is 24.0 Å². The van der Waals surface area contributed by atoms with Crippen LogP contribution in [0.4, 0.5) is 0 Å². The number of fused-ring (bicyclic) bond motifs is 1. The Hall–Kier alpha value is -2.61. The largest absolute Gasteiger partial charge is 0.346 e. The maximum atomic E-state index is 5.52. The maximum Gasteiger partial charge on any atom is 0.184 e. The van der Waals surface area contributed by atoms with Crippen molar-refractivity contribution in [3.05, 3.63) is 65.5 Å². The number of hydrogen-bond donors (Lipinski definition) is 1. The summed E-state index contributed by atoms with van der Waals surface area (Å²) in [5.41, 5.74) is 3.77. The van der Waals surface area contributed by atoms with Crippen LogP contribution in [-0.2, 0) is 9.47 Å². The molecule has 1 aliphatic rings. The summed E-state index contributed by atoms with van der Waals surface area (Å²) in [5, 5.41) is 1.04. The van der Waals surface area contributed by atoms with E-state index in [9.17, 15) is 0 Å². The molecule has 1 saturated heterocycles. The van der Waals surface area contributed by atoms with E-state index in [-0.39, 0.29) is 6.29 Å². The molecule has 1 aliphatic heterocycles. The zero-order valence-electron chi connectivity index (χ0n) is 11.9. The van der Waals surface area contributed by atoms with Gasteiger partial charge in [0.1, 0.15) is 5.65 Å². The van der Waals surface area contributed by atoms with E-state index >= 15 is 0 Å². The van der Waals surface area contributed by atoms with E-state index in [1.54, 1.807) is 6.20 Å². The Morgan fingerprint density at radius 3 is 2.91 bits per heavy atom. The van der Waals surface area contributed by atoms with Gasteiger partial charge in [-0.3, -0.25) is 0 Å². The Morgan fingerprint density at radius 1 is 1.09 bits per heavy atom. The van der Waals surface area contributed by atoms with E-state index in [0.717, 1.165) is 27.7 Å². The highest BCUT2D eigenvalue weighted by Gasteiger charge is 2.17. The van der Waals surface area contributed by atoms with Crippen LogP contribution in [0.25, 0.3) is 11.0 Å². The summed E-state index contributed by atoms with van der Waals surface area (Å²) in [4.78, 5) is 7.36. The van der Waals surface area contributed by atoms with Crippen LogP contribution in [0.2, 0.25) is 0 Å². The highest BCUT2D eigenvalue weighted by atomic mass is 16.7. The number of aromatic amines is 1. The number of H-pyrrole nitrogens is 1. The Labute approximate surface area is 128 Å². The number of aromatic nitrogens is 2. The second-order valence-electron chi connectivity index (χ2n) is 5.05. The molecule has 1 aromatic carbocycles. The molecule has 4 rings (SSSR count). The van der Waals surface area contributed by atoms with Gasteiger partial charge < -0.3 is 14.5 Å². The molecule has 22 heavy (non-hydrogen) atoms. The average Bonchev–Trinajstić information content (AvgIpc) is 3.24. The van der Waals surface area contributed by atoms with Crippen molar-refractivity contribution in [1.82, 2.24) is 9.97 Å². The average molecular weight is 290 g/mol. The number of benzene rings is 1. The lowest BCUT2D eigenvalue weighted by atomic mass is 10.1. The smallest absolute Gasteiger partial charge is 0.184 e. The van der Waals surface area contributed by atoms with Crippen molar-refractivity contribution < 1.29 is 9.47 Å². The summed E-state index contributed by atoms with van der Waals surface area (Å²) in [7, 11) is 0. The fraction of sp³-hybridized carbons (Fsp3) is 0.167. The molecule has 0 bridgehead atoms. The zero-order chi connectivity index (χ0) is 14.8. The van der Waals surface area contributed by atoms with Crippen LogP contribution in [0.15, 0.2) is 48.8 Å². The normalized spacial score (nSPS) is 14.9. The molecule has 4 nitrogen and oxygen atoms in total. The predicted octanol–water partition coefficient (Wildman–Crippen LogP) is 3.01. The molecule has 2 aromatic heterocycles. The summed E-state index contributed by atoms with van der Waals surface area (Å²) in [6.45, 7) is 1.28. The second-order valence-corrected chi connectivity index (χ2v) is 5.05. The Morgan fingerprint density at radius 2 is 2.00 bits per heavy atom. The molecule has 0 aliphatic carbocycles. The molecule has 0 radical (unpaired) electrons. The topological polar surface area (TPSA) is 47.1 Å². The number of pyridine rings is 1. The first-order chi connectivity index (χ1) is 10.9. The number of hydrogen-bond acceptors (Lipinski definition) is 3. The van der Waals surface area contributed by atoms with Gasteiger partial charge in [0.25, 0.3) is 0 Å². The van der Waals surface area contributed by atoms with Crippen molar-refractivity contribution in [2.75, 3.05) is 13.2 Å². The minimum absolute atomic E-state index is 0.265. The Bertz CT molecular complexity index is 867. The van der Waals surface area contributed by atoms with Gasteiger partial charge in [0.2, 0.25) is 0 Å². The van der Waals surface area contributed by atoms with E-state index in [0.29, 0.717) is 13.2 Å². The highest BCUT2D eigenvalue weighted by Crippen LogP contribution is 2.23. The van der Waals surface area contributed by atoms with Crippen LogP contribution in [0.5, 0.6) is 0 Å². The molecule has 0 atom stereocenters. The summed E-state index contributed by atoms with van der Waals surface area (Å²) < 4.78 is 11.0. The Balaban J connectivity index is 1.66. The van der Waals surface area contributed by atoms with Gasteiger partial charge in [-0.2, -0.15) is 0 Å². The highest BCUT2D eigenvalue weighted by molar-refractivity contribution is 5.82. The standard InChI is InChI=1S/C18H14N2O2/c1-2-13(12-15(3-1)18-21-10-11-22-18)4-5-14-6-8-19-17-16(14)7-9-20-17/h1-3,6-9,12,18H,10-11H2,(H,19,20). The predicted molar refractivity (Wildman–Crippen MR) is 83.2 cm³/mol. The first-order valence-corrected chi connectivity index (χ1v) is 7.17. The summed E-state index contributed by atoms with van der Waals surface area (Å²) >= 11 is 0. The van der Waals surface area contributed by atoms with Crippen LogP contribution >= 0.6 is 0 Å². The van der Waals surface area contributed by atoms with Crippen molar-refractivity contribution in [3.8, 4) is 11.8 Å².